The first-order chi connectivity index (χ1) is 10.1. The molecule has 1 amide bonds. The Balaban J connectivity index is 2.03. The van der Waals surface area contributed by atoms with Crippen molar-refractivity contribution in [3.05, 3.63) is 24.3 Å². The van der Waals surface area contributed by atoms with E-state index in [1.165, 1.54) is 0 Å². The summed E-state index contributed by atoms with van der Waals surface area (Å²) < 4.78 is 5.45. The Kier molecular flexibility index (Phi) is 5.17. The third kappa shape index (κ3) is 3.94. The van der Waals surface area contributed by atoms with Crippen LogP contribution in [0.3, 0.4) is 0 Å². The van der Waals surface area contributed by atoms with Gasteiger partial charge in [-0.1, -0.05) is 38.0 Å². The predicted octanol–water partition coefficient (Wildman–Crippen LogP) is 3.26. The molecule has 0 unspecified atom stereocenters. The minimum atomic E-state index is -0.199. The van der Waals surface area contributed by atoms with Gasteiger partial charge in [-0.2, -0.15) is 0 Å². The molecule has 1 aromatic rings. The SMILES string of the molecule is CCC1(C(=O)Nc2cccc(OCC(N)=S)c2)CCCC1. The average Bonchev–Trinajstić information content (AvgIpc) is 2.96. The van der Waals surface area contributed by atoms with Gasteiger partial charge in [0.1, 0.15) is 17.3 Å². The van der Waals surface area contributed by atoms with E-state index in [-0.39, 0.29) is 17.9 Å². The van der Waals surface area contributed by atoms with Crippen LogP contribution in [0.25, 0.3) is 0 Å². The molecule has 0 heterocycles. The molecule has 0 aliphatic heterocycles. The molecule has 0 bridgehead atoms. The number of carbonyl (C=O) groups excluding carboxylic acids is 1. The van der Waals surface area contributed by atoms with Crippen molar-refractivity contribution < 1.29 is 9.53 Å². The summed E-state index contributed by atoms with van der Waals surface area (Å²) in [5.41, 5.74) is 5.97. The predicted molar refractivity (Wildman–Crippen MR) is 88.5 cm³/mol. The summed E-state index contributed by atoms with van der Waals surface area (Å²) in [6.45, 7) is 2.29. The normalized spacial score (nSPS) is 16.4. The number of anilines is 1. The van der Waals surface area contributed by atoms with Gasteiger partial charge in [-0.25, -0.2) is 0 Å². The molecule has 1 saturated carbocycles. The molecular formula is C16H22N2O2S. The van der Waals surface area contributed by atoms with Crippen molar-refractivity contribution in [1.82, 2.24) is 0 Å². The van der Waals surface area contributed by atoms with Crippen LogP contribution >= 0.6 is 12.2 Å². The highest BCUT2D eigenvalue weighted by atomic mass is 32.1. The zero-order valence-corrected chi connectivity index (χ0v) is 13.2. The Morgan fingerprint density at radius 2 is 2.14 bits per heavy atom. The van der Waals surface area contributed by atoms with Crippen LogP contribution in [0.5, 0.6) is 5.75 Å². The number of carbonyl (C=O) groups is 1. The monoisotopic (exact) mass is 306 g/mol. The molecular weight excluding hydrogens is 284 g/mol. The van der Waals surface area contributed by atoms with E-state index in [1.54, 1.807) is 6.07 Å². The molecule has 4 nitrogen and oxygen atoms in total. The lowest BCUT2D eigenvalue weighted by atomic mass is 9.82. The van der Waals surface area contributed by atoms with Gasteiger partial charge < -0.3 is 15.8 Å². The van der Waals surface area contributed by atoms with Crippen LogP contribution < -0.4 is 15.8 Å². The minimum absolute atomic E-state index is 0.119. The lowest BCUT2D eigenvalue weighted by Crippen LogP contribution is -2.33. The quantitative estimate of drug-likeness (QED) is 0.792. The third-order valence-corrected chi connectivity index (χ3v) is 4.31. The lowest BCUT2D eigenvalue weighted by molar-refractivity contribution is -0.125. The second kappa shape index (κ2) is 6.89. The molecule has 1 aliphatic carbocycles. The molecule has 1 aromatic carbocycles. The maximum absolute atomic E-state index is 12.6. The molecule has 0 radical (unpaired) electrons. The molecule has 21 heavy (non-hydrogen) atoms. The van der Waals surface area contributed by atoms with Crippen LogP contribution in [-0.4, -0.2) is 17.5 Å². The van der Waals surface area contributed by atoms with Gasteiger partial charge in [-0.3, -0.25) is 4.79 Å². The summed E-state index contributed by atoms with van der Waals surface area (Å²) in [5.74, 6) is 0.770. The third-order valence-electron chi connectivity index (χ3n) is 4.19. The van der Waals surface area contributed by atoms with E-state index in [0.29, 0.717) is 10.7 Å². The van der Waals surface area contributed by atoms with Crippen molar-refractivity contribution in [2.24, 2.45) is 11.1 Å². The number of benzene rings is 1. The maximum atomic E-state index is 12.6. The zero-order valence-electron chi connectivity index (χ0n) is 12.4. The van der Waals surface area contributed by atoms with Crippen LogP contribution in [0.4, 0.5) is 5.69 Å². The number of hydrogen-bond donors (Lipinski definition) is 2. The number of rotatable bonds is 6. The van der Waals surface area contributed by atoms with Crippen LogP contribution in [0.1, 0.15) is 39.0 Å². The fourth-order valence-electron chi connectivity index (χ4n) is 2.87. The number of amides is 1. The Hall–Kier alpha value is -1.62. The fraction of sp³-hybridized carbons (Fsp3) is 0.500. The highest BCUT2D eigenvalue weighted by Gasteiger charge is 2.39. The summed E-state index contributed by atoms with van der Waals surface area (Å²) in [6, 6.07) is 7.33. The first kappa shape index (κ1) is 15.8. The minimum Gasteiger partial charge on any atom is -0.486 e. The smallest absolute Gasteiger partial charge is 0.230 e. The summed E-state index contributed by atoms with van der Waals surface area (Å²) >= 11 is 4.78. The lowest BCUT2D eigenvalue weighted by Gasteiger charge is -2.26. The highest BCUT2D eigenvalue weighted by Crippen LogP contribution is 2.41. The molecule has 0 aromatic heterocycles. The number of ether oxygens (including phenoxy) is 1. The Bertz CT molecular complexity index is 525. The molecule has 0 saturated heterocycles. The van der Waals surface area contributed by atoms with Gasteiger partial charge in [0.2, 0.25) is 5.91 Å². The van der Waals surface area contributed by atoms with Gasteiger partial charge >= 0.3 is 0 Å². The van der Waals surface area contributed by atoms with Crippen molar-refractivity contribution in [1.29, 1.82) is 0 Å². The molecule has 0 spiro atoms. The van der Waals surface area contributed by atoms with E-state index >= 15 is 0 Å². The van der Waals surface area contributed by atoms with Crippen molar-refractivity contribution in [2.45, 2.75) is 39.0 Å². The first-order valence-electron chi connectivity index (χ1n) is 7.38. The second-order valence-electron chi connectivity index (χ2n) is 5.58. The van der Waals surface area contributed by atoms with Gasteiger partial charge in [-0.15, -0.1) is 0 Å². The molecule has 5 heteroatoms. The number of nitrogens with one attached hydrogen (secondary N) is 1. The van der Waals surface area contributed by atoms with E-state index in [4.69, 9.17) is 22.7 Å². The van der Waals surface area contributed by atoms with Crippen molar-refractivity contribution in [3.8, 4) is 5.75 Å². The average molecular weight is 306 g/mol. The summed E-state index contributed by atoms with van der Waals surface area (Å²) in [7, 11) is 0. The van der Waals surface area contributed by atoms with E-state index in [1.807, 2.05) is 18.2 Å². The van der Waals surface area contributed by atoms with E-state index in [2.05, 4.69) is 12.2 Å². The van der Waals surface area contributed by atoms with Gasteiger partial charge in [-0.05, 0) is 31.4 Å². The topological polar surface area (TPSA) is 64.3 Å². The van der Waals surface area contributed by atoms with Crippen LogP contribution in [0.2, 0.25) is 0 Å². The molecule has 0 atom stereocenters. The van der Waals surface area contributed by atoms with Gasteiger partial charge in [0.05, 0.1) is 0 Å². The van der Waals surface area contributed by atoms with Gasteiger partial charge in [0.15, 0.2) is 0 Å². The van der Waals surface area contributed by atoms with E-state index in [9.17, 15) is 4.79 Å². The highest BCUT2D eigenvalue weighted by molar-refractivity contribution is 7.80. The van der Waals surface area contributed by atoms with E-state index < -0.39 is 0 Å². The summed E-state index contributed by atoms with van der Waals surface area (Å²) in [6.07, 6.45) is 5.12. The molecule has 2 rings (SSSR count). The largest absolute Gasteiger partial charge is 0.486 e. The second-order valence-corrected chi connectivity index (χ2v) is 6.10. The Labute approximate surface area is 131 Å². The standard InChI is InChI=1S/C16H22N2O2S/c1-2-16(8-3-4-9-16)15(19)18-12-6-5-7-13(10-12)20-11-14(17)21/h5-7,10H,2-4,8-9,11H2,1H3,(H2,17,21)(H,18,19). The first-order valence-corrected chi connectivity index (χ1v) is 7.79. The molecule has 3 N–H and O–H groups in total. The Morgan fingerprint density at radius 3 is 2.76 bits per heavy atom. The number of thiocarbonyl (C=S) groups is 1. The van der Waals surface area contributed by atoms with Gasteiger partial charge in [0, 0.05) is 17.2 Å². The van der Waals surface area contributed by atoms with Crippen LogP contribution in [0, 0.1) is 5.41 Å². The maximum Gasteiger partial charge on any atom is 0.230 e. The van der Waals surface area contributed by atoms with E-state index in [0.717, 1.165) is 37.8 Å². The number of nitrogens with two attached hydrogens (primary N) is 1. The number of hydrogen-bond acceptors (Lipinski definition) is 3. The molecule has 114 valence electrons. The summed E-state index contributed by atoms with van der Waals surface area (Å²) in [5, 5.41) is 3.02. The zero-order chi connectivity index (χ0) is 15.3. The summed E-state index contributed by atoms with van der Waals surface area (Å²) in [4.78, 5) is 12.9. The van der Waals surface area contributed by atoms with Crippen molar-refractivity contribution >= 4 is 28.8 Å². The van der Waals surface area contributed by atoms with Crippen molar-refractivity contribution in [3.63, 3.8) is 0 Å². The van der Waals surface area contributed by atoms with Gasteiger partial charge in [0.25, 0.3) is 0 Å². The van der Waals surface area contributed by atoms with Crippen LogP contribution in [-0.2, 0) is 4.79 Å². The van der Waals surface area contributed by atoms with Crippen molar-refractivity contribution in [2.75, 3.05) is 11.9 Å². The fourth-order valence-corrected chi connectivity index (χ4v) is 2.93. The van der Waals surface area contributed by atoms with Crippen LogP contribution in [0.15, 0.2) is 24.3 Å². The molecule has 1 aliphatic rings. The Morgan fingerprint density at radius 1 is 1.43 bits per heavy atom. The molecule has 1 fully saturated rings.